The van der Waals surface area contributed by atoms with Crippen LogP contribution in [0.3, 0.4) is 0 Å². The lowest BCUT2D eigenvalue weighted by Gasteiger charge is -2.38. The molecule has 3 unspecified atom stereocenters. The molecule has 2 aliphatic carbocycles. The van der Waals surface area contributed by atoms with Gasteiger partial charge in [-0.25, -0.2) is 4.98 Å². The predicted molar refractivity (Wildman–Crippen MR) is 82.5 cm³/mol. The number of imidazole rings is 1. The van der Waals surface area contributed by atoms with Crippen molar-refractivity contribution in [1.29, 1.82) is 0 Å². The van der Waals surface area contributed by atoms with E-state index in [1.54, 1.807) is 7.11 Å². The van der Waals surface area contributed by atoms with E-state index in [0.29, 0.717) is 11.8 Å². The third kappa shape index (κ3) is 2.41. The maximum absolute atomic E-state index is 5.18. The zero-order chi connectivity index (χ0) is 14.2. The number of methoxy groups -OCH3 is 1. The van der Waals surface area contributed by atoms with Crippen LogP contribution < -0.4 is 4.74 Å². The summed E-state index contributed by atoms with van der Waals surface area (Å²) in [6.07, 6.45) is 9.71. The van der Waals surface area contributed by atoms with Gasteiger partial charge in [-0.3, -0.25) is 0 Å². The standard InChI is InChI=1S/C17H23N3O/c1-21-15-9-8-14-17(19-15)20-16(18-14)13-7-6-11-4-2-3-5-12(11)10-13/h8-9,11-13H,2-7,10H2,1H3,(H,18,19,20). The molecule has 2 aromatic heterocycles. The Balaban J connectivity index is 1.58. The van der Waals surface area contributed by atoms with Gasteiger partial charge in [-0.05, 0) is 37.2 Å². The summed E-state index contributed by atoms with van der Waals surface area (Å²) in [4.78, 5) is 12.6. The van der Waals surface area contributed by atoms with Crippen LogP contribution in [0.15, 0.2) is 12.1 Å². The summed E-state index contributed by atoms with van der Waals surface area (Å²) in [5.74, 6) is 4.27. The first-order valence-electron chi connectivity index (χ1n) is 8.24. The normalized spacial score (nSPS) is 29.3. The largest absolute Gasteiger partial charge is 0.481 e. The number of aromatic amines is 1. The van der Waals surface area contributed by atoms with E-state index >= 15 is 0 Å². The van der Waals surface area contributed by atoms with E-state index in [0.717, 1.165) is 28.8 Å². The van der Waals surface area contributed by atoms with E-state index < -0.39 is 0 Å². The maximum Gasteiger partial charge on any atom is 0.215 e. The molecule has 0 saturated heterocycles. The summed E-state index contributed by atoms with van der Waals surface area (Å²) in [6, 6.07) is 3.91. The summed E-state index contributed by atoms with van der Waals surface area (Å²) in [7, 11) is 1.64. The average Bonchev–Trinajstić information content (AvgIpc) is 2.97. The Morgan fingerprint density at radius 2 is 1.90 bits per heavy atom. The van der Waals surface area contributed by atoms with E-state index in [-0.39, 0.29) is 0 Å². The second kappa shape index (κ2) is 5.32. The second-order valence-corrected chi connectivity index (χ2v) is 6.66. The SMILES string of the molecule is COc1ccc2[nH]c(C3CCC4CCCCC4C3)nc2n1. The quantitative estimate of drug-likeness (QED) is 0.906. The summed E-state index contributed by atoms with van der Waals surface area (Å²) >= 11 is 0. The predicted octanol–water partition coefficient (Wildman–Crippen LogP) is 4.04. The number of hydrogen-bond donors (Lipinski definition) is 1. The van der Waals surface area contributed by atoms with Crippen LogP contribution in [0.5, 0.6) is 5.88 Å². The molecule has 4 heteroatoms. The van der Waals surface area contributed by atoms with E-state index in [2.05, 4.69) is 9.97 Å². The van der Waals surface area contributed by atoms with E-state index in [4.69, 9.17) is 9.72 Å². The third-order valence-electron chi connectivity index (χ3n) is 5.47. The first-order valence-corrected chi connectivity index (χ1v) is 8.24. The highest BCUT2D eigenvalue weighted by Gasteiger charge is 2.33. The highest BCUT2D eigenvalue weighted by atomic mass is 16.5. The van der Waals surface area contributed by atoms with Gasteiger partial charge >= 0.3 is 0 Å². The van der Waals surface area contributed by atoms with Gasteiger partial charge in [0.05, 0.1) is 12.6 Å². The molecule has 1 N–H and O–H groups in total. The molecule has 0 radical (unpaired) electrons. The number of nitrogens with zero attached hydrogens (tertiary/aromatic N) is 2. The zero-order valence-corrected chi connectivity index (χ0v) is 12.6. The van der Waals surface area contributed by atoms with Crippen molar-refractivity contribution < 1.29 is 4.74 Å². The molecule has 112 valence electrons. The minimum Gasteiger partial charge on any atom is -0.481 e. The van der Waals surface area contributed by atoms with E-state index in [9.17, 15) is 0 Å². The summed E-state index contributed by atoms with van der Waals surface area (Å²) in [6.45, 7) is 0. The van der Waals surface area contributed by atoms with E-state index in [1.165, 1.54) is 44.9 Å². The molecule has 2 heterocycles. The van der Waals surface area contributed by atoms with Crippen molar-refractivity contribution in [1.82, 2.24) is 15.0 Å². The molecule has 0 spiro atoms. The van der Waals surface area contributed by atoms with Crippen molar-refractivity contribution in [3.63, 3.8) is 0 Å². The fourth-order valence-corrected chi connectivity index (χ4v) is 4.32. The van der Waals surface area contributed by atoms with Crippen molar-refractivity contribution >= 4 is 11.2 Å². The summed E-state index contributed by atoms with van der Waals surface area (Å²) in [5.41, 5.74) is 1.81. The fraction of sp³-hybridized carbons (Fsp3) is 0.647. The monoisotopic (exact) mass is 285 g/mol. The number of hydrogen-bond acceptors (Lipinski definition) is 3. The topological polar surface area (TPSA) is 50.8 Å². The van der Waals surface area contributed by atoms with Crippen molar-refractivity contribution in [2.75, 3.05) is 7.11 Å². The Hall–Kier alpha value is -1.58. The Kier molecular flexibility index (Phi) is 3.32. The Morgan fingerprint density at radius 1 is 1.05 bits per heavy atom. The Bertz CT molecular complexity index is 636. The van der Waals surface area contributed by atoms with E-state index in [1.807, 2.05) is 12.1 Å². The highest BCUT2D eigenvalue weighted by molar-refractivity contribution is 5.71. The van der Waals surface area contributed by atoms with Gasteiger partial charge in [-0.2, -0.15) is 4.98 Å². The average molecular weight is 285 g/mol. The summed E-state index contributed by atoms with van der Waals surface area (Å²) < 4.78 is 5.18. The molecule has 0 aliphatic heterocycles. The zero-order valence-electron chi connectivity index (χ0n) is 12.6. The van der Waals surface area contributed by atoms with Crippen LogP contribution in [0, 0.1) is 11.8 Å². The summed E-state index contributed by atoms with van der Waals surface area (Å²) in [5, 5.41) is 0. The molecule has 21 heavy (non-hydrogen) atoms. The molecule has 0 amide bonds. The van der Waals surface area contributed by atoms with Gasteiger partial charge in [0, 0.05) is 12.0 Å². The van der Waals surface area contributed by atoms with Crippen LogP contribution in [0.2, 0.25) is 0 Å². The molecule has 3 atom stereocenters. The number of H-pyrrole nitrogens is 1. The Labute approximate surface area is 125 Å². The second-order valence-electron chi connectivity index (χ2n) is 6.66. The molecule has 0 bridgehead atoms. The fourth-order valence-electron chi connectivity index (χ4n) is 4.32. The number of ether oxygens (including phenoxy) is 1. The van der Waals surface area contributed by atoms with Crippen LogP contribution in [-0.4, -0.2) is 22.1 Å². The molecule has 2 fully saturated rings. The Morgan fingerprint density at radius 3 is 2.76 bits per heavy atom. The van der Waals surface area contributed by atoms with Crippen LogP contribution in [0.1, 0.15) is 56.7 Å². The molecule has 2 aliphatic rings. The van der Waals surface area contributed by atoms with Crippen LogP contribution >= 0.6 is 0 Å². The van der Waals surface area contributed by atoms with Crippen molar-refractivity contribution in [3.05, 3.63) is 18.0 Å². The highest BCUT2D eigenvalue weighted by Crippen LogP contribution is 2.45. The van der Waals surface area contributed by atoms with Gasteiger partial charge in [0.25, 0.3) is 0 Å². The van der Waals surface area contributed by atoms with Gasteiger partial charge in [-0.15, -0.1) is 0 Å². The smallest absolute Gasteiger partial charge is 0.215 e. The first kappa shape index (κ1) is 13.1. The van der Waals surface area contributed by atoms with Gasteiger partial charge in [0.15, 0.2) is 5.65 Å². The van der Waals surface area contributed by atoms with Crippen molar-refractivity contribution in [2.24, 2.45) is 11.8 Å². The number of fused-ring (bicyclic) bond motifs is 2. The van der Waals surface area contributed by atoms with Crippen LogP contribution in [-0.2, 0) is 0 Å². The minimum absolute atomic E-state index is 0.588. The van der Waals surface area contributed by atoms with Gasteiger partial charge in [-0.1, -0.05) is 25.7 Å². The van der Waals surface area contributed by atoms with Crippen molar-refractivity contribution in [2.45, 2.75) is 50.9 Å². The molecule has 4 nitrogen and oxygen atoms in total. The van der Waals surface area contributed by atoms with Crippen molar-refractivity contribution in [3.8, 4) is 5.88 Å². The van der Waals surface area contributed by atoms with Gasteiger partial charge in [0.1, 0.15) is 5.82 Å². The molecular formula is C17H23N3O. The van der Waals surface area contributed by atoms with Gasteiger partial charge in [0.2, 0.25) is 5.88 Å². The maximum atomic E-state index is 5.18. The lowest BCUT2D eigenvalue weighted by molar-refractivity contribution is 0.153. The number of nitrogens with one attached hydrogen (secondary N) is 1. The molecular weight excluding hydrogens is 262 g/mol. The lowest BCUT2D eigenvalue weighted by Crippen LogP contribution is -2.27. The van der Waals surface area contributed by atoms with Crippen LogP contribution in [0.25, 0.3) is 11.2 Å². The number of rotatable bonds is 2. The third-order valence-corrected chi connectivity index (χ3v) is 5.47. The number of pyridine rings is 1. The number of aromatic nitrogens is 3. The molecule has 4 rings (SSSR count). The molecule has 0 aromatic carbocycles. The first-order chi connectivity index (χ1) is 10.3. The van der Waals surface area contributed by atoms with Crippen LogP contribution in [0.4, 0.5) is 0 Å². The minimum atomic E-state index is 0.588. The molecule has 2 aromatic rings. The van der Waals surface area contributed by atoms with Gasteiger partial charge < -0.3 is 9.72 Å². The molecule has 2 saturated carbocycles. The lowest BCUT2D eigenvalue weighted by atomic mass is 9.67.